The van der Waals surface area contributed by atoms with Crippen LogP contribution < -0.4 is 0 Å². The molecule has 1 aromatic heterocycles. The van der Waals surface area contributed by atoms with Gasteiger partial charge in [-0.2, -0.15) is 0 Å². The van der Waals surface area contributed by atoms with Crippen LogP contribution in [0.3, 0.4) is 0 Å². The van der Waals surface area contributed by atoms with Gasteiger partial charge in [-0.1, -0.05) is 36.4 Å². The SMILES string of the molecule is CC(=O)/C=C(/C)O.[Ir].[c-]1cccc2ccc3c4c5c(cccc5nc3c12)C=C4. The van der Waals surface area contributed by atoms with Gasteiger partial charge in [-0.05, 0) is 41.9 Å². The zero-order chi connectivity index (χ0) is 19.0. The van der Waals surface area contributed by atoms with Crippen molar-refractivity contribution in [3.63, 3.8) is 0 Å². The van der Waals surface area contributed by atoms with E-state index in [2.05, 4.69) is 54.6 Å². The third kappa shape index (κ3) is 3.62. The molecule has 1 heterocycles. The van der Waals surface area contributed by atoms with Gasteiger partial charge in [0.25, 0.3) is 0 Å². The van der Waals surface area contributed by atoms with Gasteiger partial charge in [0.1, 0.15) is 0 Å². The van der Waals surface area contributed by atoms with Crippen LogP contribution in [0.4, 0.5) is 0 Å². The van der Waals surface area contributed by atoms with Gasteiger partial charge in [-0.15, -0.1) is 35.0 Å². The number of aliphatic hydroxyl groups excluding tert-OH is 1. The Morgan fingerprint density at radius 1 is 1.07 bits per heavy atom. The Morgan fingerprint density at radius 3 is 2.61 bits per heavy atom. The molecule has 28 heavy (non-hydrogen) atoms. The molecule has 0 fully saturated rings. The molecule has 3 nitrogen and oxygen atoms in total. The quantitative estimate of drug-likeness (QED) is 0.0946. The fraction of sp³-hybridized carbons (Fsp3) is 0.0833. The number of carbonyl (C=O) groups is 1. The van der Waals surface area contributed by atoms with E-state index in [0.717, 1.165) is 16.4 Å². The van der Waals surface area contributed by atoms with E-state index in [0.29, 0.717) is 0 Å². The third-order valence-corrected chi connectivity index (χ3v) is 4.52. The molecule has 1 N–H and O–H groups in total. The Kier molecular flexibility index (Phi) is 5.73. The molecule has 1 aliphatic rings. The largest absolute Gasteiger partial charge is 0.512 e. The topological polar surface area (TPSA) is 50.2 Å². The minimum absolute atomic E-state index is 0. The zero-order valence-electron chi connectivity index (χ0n) is 15.5. The molecule has 0 bridgehead atoms. The van der Waals surface area contributed by atoms with Gasteiger partial charge in [0.15, 0.2) is 5.78 Å². The van der Waals surface area contributed by atoms with Crippen LogP contribution in [0.1, 0.15) is 25.0 Å². The Bertz CT molecular complexity index is 1270. The number of benzene rings is 3. The first kappa shape index (κ1) is 19.9. The van der Waals surface area contributed by atoms with Gasteiger partial charge in [0, 0.05) is 31.6 Å². The predicted molar refractivity (Wildman–Crippen MR) is 112 cm³/mol. The molecule has 1 radical (unpaired) electrons. The van der Waals surface area contributed by atoms with Crippen LogP contribution in [0.25, 0.3) is 44.7 Å². The van der Waals surface area contributed by atoms with E-state index in [4.69, 9.17) is 10.1 Å². The standard InChI is InChI=1S/C19H10N.C5H8O2.Ir/c1-2-6-14-12(4-1)8-11-16-15-10-9-13-5-3-7-17(18(13)15)20-19(14)16;1-4(6)3-5(2)7;/h1-5,7-11H;3,6H,1-2H3;/q-1;;/b;4-3-;. The molecule has 0 saturated carbocycles. The Balaban J connectivity index is 0.000000246. The molecular formula is C24H18IrNO2-. The number of carbonyl (C=O) groups excluding carboxylic acids is 1. The maximum atomic E-state index is 10.0. The molecule has 141 valence electrons. The molecule has 0 atom stereocenters. The van der Waals surface area contributed by atoms with Crippen molar-refractivity contribution in [1.82, 2.24) is 4.98 Å². The van der Waals surface area contributed by atoms with Crippen LogP contribution in [0.5, 0.6) is 0 Å². The average molecular weight is 545 g/mol. The summed E-state index contributed by atoms with van der Waals surface area (Å²) in [4.78, 5) is 14.9. The van der Waals surface area contributed by atoms with E-state index >= 15 is 0 Å². The number of aliphatic hydroxyl groups is 1. The molecule has 0 unspecified atom stereocenters. The maximum Gasteiger partial charge on any atom is 0.155 e. The smallest absolute Gasteiger partial charge is 0.155 e. The van der Waals surface area contributed by atoms with Gasteiger partial charge >= 0.3 is 0 Å². The van der Waals surface area contributed by atoms with Gasteiger partial charge in [-0.25, -0.2) is 0 Å². The first-order valence-corrected chi connectivity index (χ1v) is 8.76. The monoisotopic (exact) mass is 545 g/mol. The van der Waals surface area contributed by atoms with Crippen LogP contribution in [0.2, 0.25) is 0 Å². The summed E-state index contributed by atoms with van der Waals surface area (Å²) in [7, 11) is 0. The van der Waals surface area contributed by atoms with Crippen molar-refractivity contribution in [2.45, 2.75) is 13.8 Å². The number of hydrogen-bond donors (Lipinski definition) is 1. The van der Waals surface area contributed by atoms with E-state index in [9.17, 15) is 4.79 Å². The number of rotatable bonds is 1. The molecule has 3 aromatic carbocycles. The molecular weight excluding hydrogens is 526 g/mol. The predicted octanol–water partition coefficient (Wildman–Crippen LogP) is 5.86. The summed E-state index contributed by atoms with van der Waals surface area (Å²) in [6.07, 6.45) is 5.55. The Labute approximate surface area is 176 Å². The minimum Gasteiger partial charge on any atom is -0.512 e. The molecule has 0 spiro atoms. The summed E-state index contributed by atoms with van der Waals surface area (Å²) in [6.45, 7) is 2.85. The first-order chi connectivity index (χ1) is 13.0. The number of fused-ring (bicyclic) bond motifs is 4. The van der Waals surface area contributed by atoms with Crippen LogP contribution >= 0.6 is 0 Å². The number of hydrogen-bond acceptors (Lipinski definition) is 3. The van der Waals surface area contributed by atoms with Crippen LogP contribution in [0.15, 0.2) is 60.4 Å². The van der Waals surface area contributed by atoms with Gasteiger partial charge < -0.3 is 5.11 Å². The summed E-state index contributed by atoms with van der Waals surface area (Å²) < 4.78 is 0. The second kappa shape index (κ2) is 8.05. The molecule has 0 amide bonds. The molecule has 5 rings (SSSR count). The molecule has 1 aliphatic carbocycles. The van der Waals surface area contributed by atoms with Crippen molar-refractivity contribution >= 4 is 50.5 Å². The Morgan fingerprint density at radius 2 is 1.89 bits per heavy atom. The van der Waals surface area contributed by atoms with Crippen molar-refractivity contribution in [3.05, 3.63) is 77.6 Å². The fourth-order valence-electron chi connectivity index (χ4n) is 3.49. The molecule has 0 aliphatic heterocycles. The van der Waals surface area contributed by atoms with E-state index in [1.165, 1.54) is 47.2 Å². The van der Waals surface area contributed by atoms with Gasteiger partial charge in [0.2, 0.25) is 0 Å². The van der Waals surface area contributed by atoms with E-state index in [-0.39, 0.29) is 31.6 Å². The molecule has 0 saturated heterocycles. The maximum absolute atomic E-state index is 10.0. The van der Waals surface area contributed by atoms with Crippen molar-refractivity contribution in [1.29, 1.82) is 0 Å². The van der Waals surface area contributed by atoms with Crippen LogP contribution in [-0.4, -0.2) is 15.9 Å². The summed E-state index contributed by atoms with van der Waals surface area (Å²) in [5.41, 5.74) is 4.68. The third-order valence-electron chi connectivity index (χ3n) is 4.52. The average Bonchev–Trinajstić information content (AvgIpc) is 3.07. The van der Waals surface area contributed by atoms with Crippen LogP contribution in [0, 0.1) is 6.07 Å². The van der Waals surface area contributed by atoms with Crippen LogP contribution in [-0.2, 0) is 24.9 Å². The second-order valence-corrected chi connectivity index (χ2v) is 6.59. The minimum atomic E-state index is -0.125. The van der Waals surface area contributed by atoms with E-state index in [1.807, 2.05) is 12.1 Å². The van der Waals surface area contributed by atoms with Gasteiger partial charge in [0.05, 0.1) is 11.3 Å². The van der Waals surface area contributed by atoms with Crippen molar-refractivity contribution in [2.24, 2.45) is 0 Å². The fourth-order valence-corrected chi connectivity index (χ4v) is 3.49. The Hall–Kier alpha value is -2.81. The second-order valence-electron chi connectivity index (χ2n) is 6.59. The number of ketones is 1. The number of pyridine rings is 1. The zero-order valence-corrected chi connectivity index (χ0v) is 17.9. The van der Waals surface area contributed by atoms with E-state index < -0.39 is 0 Å². The number of aromatic nitrogens is 1. The summed E-state index contributed by atoms with van der Waals surface area (Å²) in [5.74, 6) is -0.0625. The first-order valence-electron chi connectivity index (χ1n) is 8.76. The normalized spacial score (nSPS) is 12.0. The molecule has 4 heteroatoms. The molecule has 4 aromatic rings. The van der Waals surface area contributed by atoms with Crippen molar-refractivity contribution in [2.75, 3.05) is 0 Å². The van der Waals surface area contributed by atoms with Crippen molar-refractivity contribution in [3.8, 4) is 0 Å². The van der Waals surface area contributed by atoms with Crippen molar-refractivity contribution < 1.29 is 30.0 Å². The number of allylic oxidation sites excluding steroid dienone is 2. The summed E-state index contributed by atoms with van der Waals surface area (Å²) in [6, 6.07) is 20.1. The summed E-state index contributed by atoms with van der Waals surface area (Å²) >= 11 is 0. The number of nitrogens with zero attached hydrogens (tertiary/aromatic N) is 1. The van der Waals surface area contributed by atoms with E-state index in [1.54, 1.807) is 0 Å². The van der Waals surface area contributed by atoms with Gasteiger partial charge in [-0.3, -0.25) is 9.78 Å². The summed E-state index contributed by atoms with van der Waals surface area (Å²) in [5, 5.41) is 13.2.